The summed E-state index contributed by atoms with van der Waals surface area (Å²) < 4.78 is 38.0. The van der Waals surface area contributed by atoms with Crippen LogP contribution in [0.1, 0.15) is 25.0 Å². The van der Waals surface area contributed by atoms with Crippen LogP contribution in [0.4, 0.5) is 5.69 Å². The second-order valence-electron chi connectivity index (χ2n) is 7.03. The molecule has 0 radical (unpaired) electrons. The number of nitrogens with zero attached hydrogens (tertiary/aromatic N) is 2. The van der Waals surface area contributed by atoms with Gasteiger partial charge in [0.25, 0.3) is 5.88 Å². The summed E-state index contributed by atoms with van der Waals surface area (Å²) in [6.07, 6.45) is 1.72. The molecule has 2 aliphatic heterocycles. The summed E-state index contributed by atoms with van der Waals surface area (Å²) in [6.45, 7) is 0.937. The van der Waals surface area contributed by atoms with Gasteiger partial charge in [-0.25, -0.2) is 8.42 Å². The zero-order valence-corrected chi connectivity index (χ0v) is 16.3. The van der Waals surface area contributed by atoms with Crippen LogP contribution in [0.15, 0.2) is 39.8 Å². The first-order chi connectivity index (χ1) is 13.4. The molecular formula is C18H22N4O5S. The molecule has 2 aromatic rings. The molecule has 2 aliphatic rings. The molecule has 150 valence electrons. The molecule has 2 N–H and O–H groups in total. The molecule has 1 saturated heterocycles. The highest BCUT2D eigenvalue weighted by molar-refractivity contribution is 7.89. The number of nitrogens with one attached hydrogen (secondary N) is 2. The molecule has 0 bridgehead atoms. The summed E-state index contributed by atoms with van der Waals surface area (Å²) in [5.74, 6) is 0.986. The number of para-hydroxylation sites is 1. The van der Waals surface area contributed by atoms with Crippen molar-refractivity contribution >= 4 is 21.6 Å². The van der Waals surface area contributed by atoms with E-state index in [4.69, 9.17) is 9.26 Å². The van der Waals surface area contributed by atoms with Crippen molar-refractivity contribution in [1.82, 2.24) is 14.8 Å². The summed E-state index contributed by atoms with van der Waals surface area (Å²) >= 11 is 0. The lowest BCUT2D eigenvalue weighted by molar-refractivity contribution is -0.132. The molecule has 3 heterocycles. The number of ether oxygens (including phenoxy) is 1. The normalized spacial score (nSPS) is 19.7. The number of hydrogen-bond donors (Lipinski definition) is 2. The van der Waals surface area contributed by atoms with Gasteiger partial charge in [-0.2, -0.15) is 4.72 Å². The van der Waals surface area contributed by atoms with Crippen LogP contribution in [0, 0.1) is 0 Å². The predicted octanol–water partition coefficient (Wildman–Crippen LogP) is 1.34. The van der Waals surface area contributed by atoms with Gasteiger partial charge in [-0.05, 0) is 17.3 Å². The number of amides is 1. The van der Waals surface area contributed by atoms with E-state index in [0.29, 0.717) is 56.1 Å². The molecule has 0 unspecified atom stereocenters. The first-order valence-electron chi connectivity index (χ1n) is 9.09. The molecule has 1 aromatic heterocycles. The number of carbonyl (C=O) groups excluding carboxylic acids is 1. The van der Waals surface area contributed by atoms with Crippen LogP contribution in [0.5, 0.6) is 5.88 Å². The van der Waals surface area contributed by atoms with Crippen LogP contribution in [0.2, 0.25) is 0 Å². The average Bonchev–Trinajstić information content (AvgIpc) is 3.14. The largest absolute Gasteiger partial charge is 0.479 e. The Hall–Kier alpha value is -2.59. The Bertz CT molecular complexity index is 979. The number of methoxy groups -OCH3 is 1. The lowest BCUT2D eigenvalue weighted by Crippen LogP contribution is -2.62. The highest BCUT2D eigenvalue weighted by Gasteiger charge is 2.43. The number of aryl methyl sites for hydroxylation is 1. The van der Waals surface area contributed by atoms with Crippen molar-refractivity contribution in [2.24, 2.45) is 0 Å². The molecule has 0 aliphatic carbocycles. The number of carbonyl (C=O) groups is 1. The van der Waals surface area contributed by atoms with E-state index in [2.05, 4.69) is 15.2 Å². The third kappa shape index (κ3) is 3.57. The van der Waals surface area contributed by atoms with E-state index in [1.165, 1.54) is 7.11 Å². The summed E-state index contributed by atoms with van der Waals surface area (Å²) in [5, 5.41) is 7.05. The molecule has 28 heavy (non-hydrogen) atoms. The third-order valence-corrected chi connectivity index (χ3v) is 6.78. The first-order valence-corrected chi connectivity index (χ1v) is 10.6. The Balaban J connectivity index is 1.37. The van der Waals surface area contributed by atoms with Crippen LogP contribution in [0.25, 0.3) is 0 Å². The highest BCUT2D eigenvalue weighted by Crippen LogP contribution is 2.34. The number of hydrogen-bond acceptors (Lipinski definition) is 7. The Labute approximate surface area is 163 Å². The van der Waals surface area contributed by atoms with Crippen molar-refractivity contribution in [3.8, 4) is 5.88 Å². The van der Waals surface area contributed by atoms with Crippen molar-refractivity contribution in [1.29, 1.82) is 0 Å². The maximum Gasteiger partial charge on any atom is 0.254 e. The van der Waals surface area contributed by atoms with E-state index < -0.39 is 15.7 Å². The molecule has 10 heteroatoms. The van der Waals surface area contributed by atoms with E-state index in [1.54, 1.807) is 35.2 Å². The first kappa shape index (κ1) is 18.8. The Morgan fingerprint density at radius 3 is 2.79 bits per heavy atom. The van der Waals surface area contributed by atoms with Crippen molar-refractivity contribution < 1.29 is 22.5 Å². The monoisotopic (exact) mass is 406 g/mol. The number of rotatable bonds is 4. The molecule has 0 atom stereocenters. The van der Waals surface area contributed by atoms with Crippen molar-refractivity contribution in [2.75, 3.05) is 25.5 Å². The summed E-state index contributed by atoms with van der Waals surface area (Å²) in [7, 11) is -2.08. The Morgan fingerprint density at radius 1 is 1.32 bits per heavy atom. The number of sulfonamides is 1. The van der Waals surface area contributed by atoms with Crippen LogP contribution in [0.3, 0.4) is 0 Å². The van der Waals surface area contributed by atoms with E-state index in [-0.39, 0.29) is 10.8 Å². The zero-order valence-electron chi connectivity index (χ0n) is 15.5. The standard InChI is InChI=1S/C18H22N4O5S/c1-26-16-12-13(27-20-16)6-7-17(23)22-10-8-18(9-11-22)19-14-4-2-3-5-15(14)28(24,25)21-18/h2-5,12,19,21H,6-11H2,1H3. The smallest absolute Gasteiger partial charge is 0.254 e. The number of anilines is 1. The molecule has 1 fully saturated rings. The van der Waals surface area contributed by atoms with Gasteiger partial charge in [0.15, 0.2) is 0 Å². The lowest BCUT2D eigenvalue weighted by atomic mass is 9.96. The molecular weight excluding hydrogens is 384 g/mol. The van der Waals surface area contributed by atoms with E-state index >= 15 is 0 Å². The van der Waals surface area contributed by atoms with Gasteiger partial charge in [-0.1, -0.05) is 12.1 Å². The fraction of sp³-hybridized carbons (Fsp3) is 0.444. The van der Waals surface area contributed by atoms with Crippen LogP contribution in [-0.2, 0) is 21.2 Å². The SMILES string of the molecule is COc1cc(CCC(=O)N2CCC3(CC2)Nc2ccccc2S(=O)(=O)N3)on1. The zero-order chi connectivity index (χ0) is 19.8. The maximum atomic E-state index is 12.6. The van der Waals surface area contributed by atoms with Crippen LogP contribution < -0.4 is 14.8 Å². The number of fused-ring (bicyclic) bond motifs is 1. The van der Waals surface area contributed by atoms with Gasteiger partial charge in [-0.3, -0.25) is 4.79 Å². The minimum atomic E-state index is -3.58. The fourth-order valence-corrected chi connectivity index (χ4v) is 5.21. The van der Waals surface area contributed by atoms with Gasteiger partial charge >= 0.3 is 0 Å². The van der Waals surface area contributed by atoms with Gasteiger partial charge in [-0.15, -0.1) is 0 Å². The second kappa shape index (κ2) is 7.10. The minimum Gasteiger partial charge on any atom is -0.479 e. The van der Waals surface area contributed by atoms with Gasteiger partial charge in [0.1, 0.15) is 16.3 Å². The van der Waals surface area contributed by atoms with Gasteiger partial charge in [0.05, 0.1) is 12.8 Å². The van der Waals surface area contributed by atoms with Gasteiger partial charge in [0, 0.05) is 44.8 Å². The van der Waals surface area contributed by atoms with Crippen molar-refractivity contribution in [2.45, 2.75) is 36.2 Å². The van der Waals surface area contributed by atoms with Gasteiger partial charge < -0.3 is 19.5 Å². The lowest BCUT2D eigenvalue weighted by Gasteiger charge is -2.45. The fourth-order valence-electron chi connectivity index (χ4n) is 3.66. The molecule has 1 spiro atoms. The number of aromatic nitrogens is 1. The second-order valence-corrected chi connectivity index (χ2v) is 8.68. The molecule has 9 nitrogen and oxygen atoms in total. The molecule has 0 saturated carbocycles. The Kier molecular flexibility index (Phi) is 4.76. The average molecular weight is 406 g/mol. The van der Waals surface area contributed by atoms with E-state index in [9.17, 15) is 13.2 Å². The van der Waals surface area contributed by atoms with Crippen molar-refractivity contribution in [3.05, 3.63) is 36.1 Å². The van der Waals surface area contributed by atoms with E-state index in [0.717, 1.165) is 0 Å². The molecule has 4 rings (SSSR count). The topological polar surface area (TPSA) is 114 Å². The predicted molar refractivity (Wildman–Crippen MR) is 100 cm³/mol. The van der Waals surface area contributed by atoms with Gasteiger partial charge in [0.2, 0.25) is 15.9 Å². The Morgan fingerprint density at radius 2 is 2.07 bits per heavy atom. The van der Waals surface area contributed by atoms with Crippen LogP contribution >= 0.6 is 0 Å². The summed E-state index contributed by atoms with van der Waals surface area (Å²) in [6, 6.07) is 8.50. The van der Waals surface area contributed by atoms with Crippen molar-refractivity contribution in [3.63, 3.8) is 0 Å². The van der Waals surface area contributed by atoms with E-state index in [1.807, 2.05) is 0 Å². The molecule has 1 amide bonds. The quantitative estimate of drug-likeness (QED) is 0.787. The molecule has 1 aromatic carbocycles. The number of likely N-dealkylation sites (tertiary alicyclic amines) is 1. The third-order valence-electron chi connectivity index (χ3n) is 5.18. The minimum absolute atomic E-state index is 0.00397. The summed E-state index contributed by atoms with van der Waals surface area (Å²) in [4.78, 5) is 14.5. The number of piperidine rings is 1. The number of benzene rings is 1. The summed E-state index contributed by atoms with van der Waals surface area (Å²) in [5.41, 5.74) is -0.164. The maximum absolute atomic E-state index is 12.6. The van der Waals surface area contributed by atoms with Crippen LogP contribution in [-0.4, -0.2) is 50.2 Å². The highest BCUT2D eigenvalue weighted by atomic mass is 32.2.